The van der Waals surface area contributed by atoms with Gasteiger partial charge in [0.05, 0.1) is 0 Å². The van der Waals surface area contributed by atoms with E-state index in [2.05, 4.69) is 16.0 Å². The van der Waals surface area contributed by atoms with Crippen molar-refractivity contribution in [3.05, 3.63) is 23.9 Å². The van der Waals surface area contributed by atoms with Gasteiger partial charge in [0, 0.05) is 39.8 Å². The molecule has 3 rings (SSSR count). The van der Waals surface area contributed by atoms with E-state index in [1.165, 1.54) is 12.8 Å². The summed E-state index contributed by atoms with van der Waals surface area (Å²) in [7, 11) is 3.96. The first-order valence-corrected chi connectivity index (χ1v) is 7.53. The van der Waals surface area contributed by atoms with Gasteiger partial charge in [-0.2, -0.15) is 0 Å². The van der Waals surface area contributed by atoms with Crippen molar-refractivity contribution in [2.45, 2.75) is 25.7 Å². The molecule has 2 aliphatic rings. The molecule has 1 aliphatic heterocycles. The number of nitrogens with zero attached hydrogens (tertiary/aromatic N) is 3. The normalized spacial score (nSPS) is 24.2. The average Bonchev–Trinajstić information content (AvgIpc) is 2.72. The fourth-order valence-electron chi connectivity index (χ4n) is 3.20. The molecule has 2 atom stereocenters. The van der Waals surface area contributed by atoms with Gasteiger partial charge in [-0.1, -0.05) is 6.07 Å². The highest BCUT2D eigenvalue weighted by Gasteiger charge is 2.40. The summed E-state index contributed by atoms with van der Waals surface area (Å²) in [6.45, 7) is 2.00. The molecule has 2 heterocycles. The molecule has 4 nitrogen and oxygen atoms in total. The van der Waals surface area contributed by atoms with Crippen molar-refractivity contribution in [1.29, 1.82) is 0 Å². The predicted molar refractivity (Wildman–Crippen MR) is 79.7 cm³/mol. The third-order valence-electron chi connectivity index (χ3n) is 4.73. The zero-order chi connectivity index (χ0) is 14.1. The summed E-state index contributed by atoms with van der Waals surface area (Å²) < 4.78 is 0. The minimum atomic E-state index is 0.316. The van der Waals surface area contributed by atoms with Crippen LogP contribution in [0.4, 0.5) is 5.82 Å². The van der Waals surface area contributed by atoms with Gasteiger partial charge in [-0.3, -0.25) is 4.79 Å². The van der Waals surface area contributed by atoms with E-state index in [1.807, 2.05) is 31.3 Å². The molecule has 0 bridgehead atoms. The third kappa shape index (κ3) is 2.65. The van der Waals surface area contributed by atoms with Gasteiger partial charge in [0.15, 0.2) is 0 Å². The largest absolute Gasteiger partial charge is 0.363 e. The minimum Gasteiger partial charge on any atom is -0.363 e. The Hall–Kier alpha value is -1.58. The number of carbonyl (C=O) groups is 1. The maximum Gasteiger partial charge on any atom is 0.222 e. The van der Waals surface area contributed by atoms with Gasteiger partial charge in [-0.15, -0.1) is 0 Å². The molecular weight excluding hydrogens is 250 g/mol. The van der Waals surface area contributed by atoms with Crippen LogP contribution in [0.2, 0.25) is 0 Å². The molecule has 20 heavy (non-hydrogen) atoms. The lowest BCUT2D eigenvalue weighted by Gasteiger charge is -2.27. The van der Waals surface area contributed by atoms with Crippen LogP contribution < -0.4 is 4.90 Å². The van der Waals surface area contributed by atoms with Crippen LogP contribution in [0, 0.1) is 11.8 Å². The zero-order valence-electron chi connectivity index (χ0n) is 12.4. The SMILES string of the molecule is CN(C)c1ccc(CCC(=O)N2C[C@H]3CC[C@H]3C2)cn1. The van der Waals surface area contributed by atoms with Crippen LogP contribution in [0.5, 0.6) is 0 Å². The molecule has 1 aliphatic carbocycles. The highest BCUT2D eigenvalue weighted by molar-refractivity contribution is 5.76. The highest BCUT2D eigenvalue weighted by Crippen LogP contribution is 2.40. The van der Waals surface area contributed by atoms with Crippen molar-refractivity contribution < 1.29 is 4.79 Å². The number of pyridine rings is 1. The summed E-state index contributed by atoms with van der Waals surface area (Å²) >= 11 is 0. The van der Waals surface area contributed by atoms with Crippen LogP contribution in [0.3, 0.4) is 0 Å². The lowest BCUT2D eigenvalue weighted by molar-refractivity contribution is -0.130. The molecule has 1 saturated heterocycles. The Labute approximate surface area is 120 Å². The third-order valence-corrected chi connectivity index (χ3v) is 4.73. The van der Waals surface area contributed by atoms with Crippen LogP contribution in [0.15, 0.2) is 18.3 Å². The molecule has 1 aromatic heterocycles. The van der Waals surface area contributed by atoms with Crippen LogP contribution in [0.1, 0.15) is 24.8 Å². The van der Waals surface area contributed by atoms with E-state index >= 15 is 0 Å². The highest BCUT2D eigenvalue weighted by atomic mass is 16.2. The number of carbonyl (C=O) groups excluding carboxylic acids is 1. The quantitative estimate of drug-likeness (QED) is 0.841. The Kier molecular flexibility index (Phi) is 3.64. The summed E-state index contributed by atoms with van der Waals surface area (Å²) in [5.74, 6) is 2.88. The Bertz CT molecular complexity index is 471. The van der Waals surface area contributed by atoms with Crippen molar-refractivity contribution in [3.63, 3.8) is 0 Å². The molecule has 108 valence electrons. The molecule has 4 heteroatoms. The van der Waals surface area contributed by atoms with Gasteiger partial charge in [0.1, 0.15) is 5.82 Å². The second-order valence-corrected chi connectivity index (χ2v) is 6.32. The zero-order valence-corrected chi connectivity index (χ0v) is 12.4. The lowest BCUT2D eigenvalue weighted by Crippen LogP contribution is -2.28. The first kappa shape index (κ1) is 13.4. The predicted octanol–water partition coefficient (Wildman–Crippen LogP) is 1.95. The second kappa shape index (κ2) is 5.43. The van der Waals surface area contributed by atoms with E-state index in [1.54, 1.807) is 0 Å². The summed E-state index contributed by atoms with van der Waals surface area (Å²) in [5.41, 5.74) is 1.14. The van der Waals surface area contributed by atoms with E-state index < -0.39 is 0 Å². The molecule has 0 N–H and O–H groups in total. The van der Waals surface area contributed by atoms with E-state index in [9.17, 15) is 4.79 Å². The maximum atomic E-state index is 12.2. The number of likely N-dealkylation sites (tertiary alicyclic amines) is 1. The number of rotatable bonds is 4. The Balaban J connectivity index is 1.50. The molecule has 0 radical (unpaired) electrons. The molecule has 0 spiro atoms. The number of amides is 1. The summed E-state index contributed by atoms with van der Waals surface area (Å²) in [4.78, 5) is 20.7. The number of aromatic nitrogens is 1. The number of fused-ring (bicyclic) bond motifs is 1. The topological polar surface area (TPSA) is 36.4 Å². The fourth-order valence-corrected chi connectivity index (χ4v) is 3.20. The molecule has 1 aromatic rings. The lowest BCUT2D eigenvalue weighted by atomic mass is 9.77. The van der Waals surface area contributed by atoms with Gasteiger partial charge in [0.25, 0.3) is 0 Å². The smallest absolute Gasteiger partial charge is 0.222 e. The summed E-state index contributed by atoms with van der Waals surface area (Å²) in [6, 6.07) is 4.08. The Morgan fingerprint density at radius 1 is 1.30 bits per heavy atom. The molecule has 1 saturated carbocycles. The van der Waals surface area contributed by atoms with E-state index in [-0.39, 0.29) is 0 Å². The Morgan fingerprint density at radius 3 is 2.50 bits per heavy atom. The van der Waals surface area contributed by atoms with E-state index in [0.29, 0.717) is 12.3 Å². The Morgan fingerprint density at radius 2 is 2.00 bits per heavy atom. The number of hydrogen-bond donors (Lipinski definition) is 0. The van der Waals surface area contributed by atoms with Gasteiger partial charge in [0.2, 0.25) is 5.91 Å². The maximum absolute atomic E-state index is 12.2. The number of anilines is 1. The second-order valence-electron chi connectivity index (χ2n) is 6.32. The molecule has 2 fully saturated rings. The van der Waals surface area contributed by atoms with Crippen molar-refractivity contribution in [2.24, 2.45) is 11.8 Å². The molecule has 1 amide bonds. The molecular formula is C16H23N3O. The van der Waals surface area contributed by atoms with Crippen molar-refractivity contribution in [3.8, 4) is 0 Å². The van der Waals surface area contributed by atoms with Gasteiger partial charge >= 0.3 is 0 Å². The van der Waals surface area contributed by atoms with Crippen LogP contribution in [0.25, 0.3) is 0 Å². The van der Waals surface area contributed by atoms with Gasteiger partial charge in [-0.25, -0.2) is 4.98 Å². The van der Waals surface area contributed by atoms with Crippen LogP contribution in [-0.2, 0) is 11.2 Å². The van der Waals surface area contributed by atoms with Crippen LogP contribution in [-0.4, -0.2) is 43.0 Å². The molecule has 0 aromatic carbocycles. The minimum absolute atomic E-state index is 0.316. The van der Waals surface area contributed by atoms with E-state index in [4.69, 9.17) is 0 Å². The van der Waals surface area contributed by atoms with Crippen LogP contribution >= 0.6 is 0 Å². The van der Waals surface area contributed by atoms with Crippen molar-refractivity contribution in [2.75, 3.05) is 32.1 Å². The average molecular weight is 273 g/mol. The van der Waals surface area contributed by atoms with Crippen molar-refractivity contribution in [1.82, 2.24) is 9.88 Å². The van der Waals surface area contributed by atoms with E-state index in [0.717, 1.165) is 42.7 Å². The fraction of sp³-hybridized carbons (Fsp3) is 0.625. The van der Waals surface area contributed by atoms with Gasteiger partial charge < -0.3 is 9.80 Å². The first-order valence-electron chi connectivity index (χ1n) is 7.53. The van der Waals surface area contributed by atoms with Crippen molar-refractivity contribution >= 4 is 11.7 Å². The number of aryl methyl sites for hydroxylation is 1. The summed E-state index contributed by atoms with van der Waals surface area (Å²) in [5, 5.41) is 0. The summed E-state index contributed by atoms with van der Waals surface area (Å²) in [6.07, 6.45) is 5.94. The number of hydrogen-bond acceptors (Lipinski definition) is 3. The standard InChI is InChI=1S/C16H23N3O/c1-18(2)15-7-3-12(9-17-15)4-8-16(20)19-10-13-5-6-14(13)11-19/h3,7,9,13-14H,4-6,8,10-11H2,1-2H3/t13-,14+. The monoisotopic (exact) mass is 273 g/mol. The van der Waals surface area contributed by atoms with Gasteiger partial charge in [-0.05, 0) is 42.7 Å². The molecule has 0 unspecified atom stereocenters. The first-order chi connectivity index (χ1) is 9.63.